The van der Waals surface area contributed by atoms with Gasteiger partial charge in [-0.25, -0.2) is 0 Å². The van der Waals surface area contributed by atoms with E-state index in [9.17, 15) is 4.79 Å². The molecule has 0 spiro atoms. The molecule has 6 heteroatoms. The molecule has 130 valence electrons. The third kappa shape index (κ3) is 2.52. The van der Waals surface area contributed by atoms with E-state index in [1.807, 2.05) is 18.2 Å². The molecule has 0 unspecified atom stereocenters. The van der Waals surface area contributed by atoms with Gasteiger partial charge in [0.25, 0.3) is 0 Å². The molecule has 0 aliphatic rings. The average Bonchev–Trinajstić information content (AvgIpc) is 3.14. The number of nitrogens with zero attached hydrogens (tertiary/aromatic N) is 1. The molecule has 0 atom stereocenters. The lowest BCUT2D eigenvalue weighted by molar-refractivity contribution is 0.400. The van der Waals surface area contributed by atoms with Crippen LogP contribution >= 0.6 is 0 Å². The standard InChI is InChI=1S/C20H15NO5/c1-23-17-14-8-10-25-18(14)20(24-2)19-16(17)15(22)11-13(26-19)7-6-12-5-3-4-9-21-12/h3-11H,1-2H3. The Hall–Kier alpha value is -3.54. The van der Waals surface area contributed by atoms with Crippen LogP contribution in [0.4, 0.5) is 0 Å². The van der Waals surface area contributed by atoms with Crippen LogP contribution < -0.4 is 14.9 Å². The summed E-state index contributed by atoms with van der Waals surface area (Å²) in [6.45, 7) is 0. The highest BCUT2D eigenvalue weighted by molar-refractivity contribution is 6.06. The van der Waals surface area contributed by atoms with E-state index in [2.05, 4.69) is 4.98 Å². The monoisotopic (exact) mass is 349 g/mol. The average molecular weight is 349 g/mol. The molecular formula is C20H15NO5. The minimum Gasteiger partial charge on any atom is -0.495 e. The number of pyridine rings is 1. The van der Waals surface area contributed by atoms with Gasteiger partial charge in [0.05, 0.1) is 31.6 Å². The van der Waals surface area contributed by atoms with E-state index in [-0.39, 0.29) is 11.0 Å². The molecule has 0 aliphatic carbocycles. The number of furan rings is 1. The van der Waals surface area contributed by atoms with Crippen molar-refractivity contribution in [2.24, 2.45) is 0 Å². The van der Waals surface area contributed by atoms with Crippen molar-refractivity contribution >= 4 is 34.1 Å². The Morgan fingerprint density at radius 1 is 1.04 bits per heavy atom. The molecular weight excluding hydrogens is 334 g/mol. The minimum atomic E-state index is -0.231. The molecule has 0 N–H and O–H groups in total. The summed E-state index contributed by atoms with van der Waals surface area (Å²) >= 11 is 0. The first-order valence-corrected chi connectivity index (χ1v) is 7.91. The first-order chi connectivity index (χ1) is 12.7. The van der Waals surface area contributed by atoms with Crippen LogP contribution in [0.1, 0.15) is 11.5 Å². The smallest absolute Gasteiger partial charge is 0.206 e. The lowest BCUT2D eigenvalue weighted by Crippen LogP contribution is -2.04. The second-order valence-electron chi connectivity index (χ2n) is 5.53. The van der Waals surface area contributed by atoms with Gasteiger partial charge in [0.2, 0.25) is 5.75 Å². The second kappa shape index (κ2) is 6.40. The zero-order valence-corrected chi connectivity index (χ0v) is 14.2. The van der Waals surface area contributed by atoms with E-state index in [4.69, 9.17) is 18.3 Å². The highest BCUT2D eigenvalue weighted by atomic mass is 16.5. The number of rotatable bonds is 4. The molecule has 4 aromatic rings. The highest BCUT2D eigenvalue weighted by Crippen LogP contribution is 2.42. The predicted octanol–water partition coefficient (Wildman–Crippen LogP) is 4.12. The summed E-state index contributed by atoms with van der Waals surface area (Å²) in [5.74, 6) is 1.13. The van der Waals surface area contributed by atoms with Gasteiger partial charge in [-0.3, -0.25) is 9.78 Å². The van der Waals surface area contributed by atoms with Crippen LogP contribution in [0.15, 0.2) is 56.4 Å². The first-order valence-electron chi connectivity index (χ1n) is 7.91. The molecule has 0 amide bonds. The van der Waals surface area contributed by atoms with E-state index in [1.165, 1.54) is 26.5 Å². The van der Waals surface area contributed by atoms with Crippen molar-refractivity contribution in [3.63, 3.8) is 0 Å². The van der Waals surface area contributed by atoms with Crippen molar-refractivity contribution in [3.05, 3.63) is 64.5 Å². The Labute approximate surface area is 148 Å². The topological polar surface area (TPSA) is 74.7 Å². The summed E-state index contributed by atoms with van der Waals surface area (Å²) < 4.78 is 22.3. The molecule has 3 heterocycles. The summed E-state index contributed by atoms with van der Waals surface area (Å²) in [6.07, 6.45) is 6.65. The Morgan fingerprint density at radius 2 is 1.88 bits per heavy atom. The lowest BCUT2D eigenvalue weighted by Gasteiger charge is -2.10. The molecule has 0 aliphatic heterocycles. The number of aromatic nitrogens is 1. The summed E-state index contributed by atoms with van der Waals surface area (Å²) in [6, 6.07) is 8.70. The van der Waals surface area contributed by atoms with E-state index < -0.39 is 0 Å². The Bertz CT molecular complexity index is 1170. The van der Waals surface area contributed by atoms with Crippen LogP contribution in [0.5, 0.6) is 11.5 Å². The van der Waals surface area contributed by atoms with Gasteiger partial charge in [-0.05, 0) is 30.4 Å². The van der Waals surface area contributed by atoms with Crippen molar-refractivity contribution in [2.45, 2.75) is 0 Å². The number of benzene rings is 1. The quantitative estimate of drug-likeness (QED) is 0.552. The Balaban J connectivity index is 1.98. The molecule has 4 rings (SSSR count). The van der Waals surface area contributed by atoms with E-state index in [0.29, 0.717) is 33.6 Å². The van der Waals surface area contributed by atoms with E-state index in [0.717, 1.165) is 5.69 Å². The van der Waals surface area contributed by atoms with Gasteiger partial charge in [-0.1, -0.05) is 6.07 Å². The van der Waals surface area contributed by atoms with Gasteiger partial charge in [0.15, 0.2) is 16.6 Å². The molecule has 0 bridgehead atoms. The SMILES string of the molecule is COc1c2occc2c(OC)c2c(=O)cc(C=Cc3ccccn3)oc12. The minimum absolute atomic E-state index is 0.231. The Morgan fingerprint density at radius 3 is 2.62 bits per heavy atom. The van der Waals surface area contributed by atoms with Crippen molar-refractivity contribution in [3.8, 4) is 11.5 Å². The van der Waals surface area contributed by atoms with Crippen molar-refractivity contribution in [2.75, 3.05) is 14.2 Å². The van der Waals surface area contributed by atoms with E-state index in [1.54, 1.807) is 24.4 Å². The lowest BCUT2D eigenvalue weighted by atomic mass is 10.1. The van der Waals surface area contributed by atoms with Crippen LogP contribution in [0.25, 0.3) is 34.1 Å². The van der Waals surface area contributed by atoms with Gasteiger partial charge in [-0.15, -0.1) is 0 Å². The number of fused-ring (bicyclic) bond motifs is 2. The molecule has 0 fully saturated rings. The predicted molar refractivity (Wildman–Crippen MR) is 98.5 cm³/mol. The third-order valence-corrected chi connectivity index (χ3v) is 4.03. The fraction of sp³-hybridized carbons (Fsp3) is 0.100. The van der Waals surface area contributed by atoms with Crippen LogP contribution in [0, 0.1) is 0 Å². The normalized spacial score (nSPS) is 11.5. The van der Waals surface area contributed by atoms with Gasteiger partial charge in [-0.2, -0.15) is 0 Å². The molecule has 0 saturated carbocycles. The maximum absolute atomic E-state index is 12.7. The molecule has 1 aromatic carbocycles. The summed E-state index contributed by atoms with van der Waals surface area (Å²) in [5.41, 5.74) is 1.26. The van der Waals surface area contributed by atoms with Crippen LogP contribution in [0.2, 0.25) is 0 Å². The van der Waals surface area contributed by atoms with Crippen molar-refractivity contribution in [1.82, 2.24) is 4.98 Å². The van der Waals surface area contributed by atoms with Crippen molar-refractivity contribution < 1.29 is 18.3 Å². The zero-order valence-electron chi connectivity index (χ0n) is 14.2. The Kier molecular flexibility index (Phi) is 3.93. The van der Waals surface area contributed by atoms with Gasteiger partial charge >= 0.3 is 0 Å². The number of methoxy groups -OCH3 is 2. The number of hydrogen-bond donors (Lipinski definition) is 0. The molecule has 26 heavy (non-hydrogen) atoms. The second-order valence-corrected chi connectivity index (χ2v) is 5.53. The first kappa shape index (κ1) is 16.0. The van der Waals surface area contributed by atoms with Crippen molar-refractivity contribution in [1.29, 1.82) is 0 Å². The van der Waals surface area contributed by atoms with Gasteiger partial charge in [0, 0.05) is 12.3 Å². The van der Waals surface area contributed by atoms with Crippen LogP contribution in [-0.4, -0.2) is 19.2 Å². The molecule has 6 nitrogen and oxygen atoms in total. The van der Waals surface area contributed by atoms with Crippen LogP contribution in [-0.2, 0) is 0 Å². The number of ether oxygens (including phenoxy) is 2. The maximum atomic E-state index is 12.7. The highest BCUT2D eigenvalue weighted by Gasteiger charge is 2.22. The summed E-state index contributed by atoms with van der Waals surface area (Å²) in [5, 5.41) is 0.967. The molecule has 0 saturated heterocycles. The fourth-order valence-corrected chi connectivity index (χ4v) is 2.91. The third-order valence-electron chi connectivity index (χ3n) is 4.03. The molecule has 0 radical (unpaired) electrons. The maximum Gasteiger partial charge on any atom is 0.206 e. The van der Waals surface area contributed by atoms with Crippen LogP contribution in [0.3, 0.4) is 0 Å². The van der Waals surface area contributed by atoms with Gasteiger partial charge in [0.1, 0.15) is 16.9 Å². The van der Waals surface area contributed by atoms with E-state index >= 15 is 0 Å². The zero-order chi connectivity index (χ0) is 18.1. The fourth-order valence-electron chi connectivity index (χ4n) is 2.91. The molecule has 3 aromatic heterocycles. The summed E-state index contributed by atoms with van der Waals surface area (Å²) in [4.78, 5) is 17.0. The largest absolute Gasteiger partial charge is 0.495 e. The van der Waals surface area contributed by atoms with Gasteiger partial charge < -0.3 is 18.3 Å². The number of hydrogen-bond acceptors (Lipinski definition) is 6. The summed E-state index contributed by atoms with van der Waals surface area (Å²) in [7, 11) is 3.00.